The fourth-order valence-corrected chi connectivity index (χ4v) is 4.28. The number of hydrogen-bond acceptors (Lipinski definition) is 5. The van der Waals surface area contributed by atoms with Crippen LogP contribution in [-0.2, 0) is 16.6 Å². The summed E-state index contributed by atoms with van der Waals surface area (Å²) in [6, 6.07) is 3.82. The average Bonchev–Trinajstić information content (AvgIpc) is 2.65. The van der Waals surface area contributed by atoms with Crippen molar-refractivity contribution in [1.29, 1.82) is 0 Å². The third kappa shape index (κ3) is 2.37. The Balaban J connectivity index is 1.94. The molecule has 2 heterocycles. The van der Waals surface area contributed by atoms with Crippen molar-refractivity contribution in [2.75, 3.05) is 7.11 Å². The quantitative estimate of drug-likeness (QED) is 0.843. The molecule has 0 bridgehead atoms. The molecule has 2 aliphatic carbocycles. The SMILES string of the molecule is COc1nc(-c2cccnc2)nc2c1CC[C@@H]1[C@@H](C)C(=O)C=C[C@@]21C. The molecule has 0 radical (unpaired) electrons. The van der Waals surface area contributed by atoms with Gasteiger partial charge in [0, 0.05) is 34.9 Å². The topological polar surface area (TPSA) is 65.0 Å². The zero-order chi connectivity index (χ0) is 17.6. The van der Waals surface area contributed by atoms with Gasteiger partial charge < -0.3 is 4.74 Å². The standard InChI is InChI=1S/C20H21N3O2/c1-12-15-7-6-14-17(20(15,2)9-8-16(12)24)22-18(23-19(14)25-3)13-5-4-10-21-11-13/h4-5,8-12,15H,6-7H2,1-3H3/t12-,15-,20-/m1/s1. The molecule has 0 saturated heterocycles. The first-order valence-corrected chi connectivity index (χ1v) is 8.63. The molecule has 3 atom stereocenters. The molecule has 5 nitrogen and oxygen atoms in total. The number of rotatable bonds is 2. The van der Waals surface area contributed by atoms with E-state index in [0.29, 0.717) is 11.7 Å². The molecular weight excluding hydrogens is 314 g/mol. The first-order valence-electron chi connectivity index (χ1n) is 8.63. The van der Waals surface area contributed by atoms with Crippen LogP contribution < -0.4 is 4.74 Å². The number of hydrogen-bond donors (Lipinski definition) is 0. The molecule has 0 aromatic carbocycles. The summed E-state index contributed by atoms with van der Waals surface area (Å²) >= 11 is 0. The van der Waals surface area contributed by atoms with Gasteiger partial charge in [-0.1, -0.05) is 19.9 Å². The van der Waals surface area contributed by atoms with E-state index < -0.39 is 0 Å². The van der Waals surface area contributed by atoms with Crippen LogP contribution in [0.4, 0.5) is 0 Å². The fraction of sp³-hybridized carbons (Fsp3) is 0.400. The molecule has 4 rings (SSSR count). The molecular formula is C20H21N3O2. The number of carbonyl (C=O) groups is 1. The van der Waals surface area contributed by atoms with Crippen molar-refractivity contribution >= 4 is 5.78 Å². The van der Waals surface area contributed by atoms with E-state index in [0.717, 1.165) is 29.7 Å². The average molecular weight is 335 g/mol. The molecule has 2 aliphatic rings. The summed E-state index contributed by atoms with van der Waals surface area (Å²) in [7, 11) is 1.65. The molecule has 25 heavy (non-hydrogen) atoms. The van der Waals surface area contributed by atoms with Gasteiger partial charge in [-0.15, -0.1) is 0 Å². The maximum absolute atomic E-state index is 12.2. The molecule has 0 N–H and O–H groups in total. The largest absolute Gasteiger partial charge is 0.481 e. The van der Waals surface area contributed by atoms with Crippen molar-refractivity contribution in [3.05, 3.63) is 47.9 Å². The molecule has 0 spiro atoms. The van der Waals surface area contributed by atoms with Crippen LogP contribution in [0.3, 0.4) is 0 Å². The number of carbonyl (C=O) groups excluding carboxylic acids is 1. The van der Waals surface area contributed by atoms with Gasteiger partial charge >= 0.3 is 0 Å². The van der Waals surface area contributed by atoms with Crippen LogP contribution in [0.25, 0.3) is 11.4 Å². The highest BCUT2D eigenvalue weighted by atomic mass is 16.5. The predicted molar refractivity (Wildman–Crippen MR) is 94.3 cm³/mol. The molecule has 0 aliphatic heterocycles. The number of allylic oxidation sites excluding steroid dienone is 2. The zero-order valence-electron chi connectivity index (χ0n) is 14.7. The van der Waals surface area contributed by atoms with Gasteiger partial charge in [0.15, 0.2) is 11.6 Å². The van der Waals surface area contributed by atoms with E-state index >= 15 is 0 Å². The third-order valence-corrected chi connectivity index (χ3v) is 5.71. The molecule has 5 heteroatoms. The number of pyridine rings is 1. The Hall–Kier alpha value is -2.56. The Labute approximate surface area is 147 Å². The van der Waals surface area contributed by atoms with Crippen LogP contribution in [0.5, 0.6) is 5.88 Å². The van der Waals surface area contributed by atoms with Gasteiger partial charge in [0.2, 0.25) is 5.88 Å². The molecule has 128 valence electrons. The highest BCUT2D eigenvalue weighted by Crippen LogP contribution is 2.49. The van der Waals surface area contributed by atoms with Crippen molar-refractivity contribution < 1.29 is 9.53 Å². The summed E-state index contributed by atoms with van der Waals surface area (Å²) in [5.41, 5.74) is 2.61. The van der Waals surface area contributed by atoms with E-state index in [-0.39, 0.29) is 23.0 Å². The molecule has 0 fully saturated rings. The second-order valence-corrected chi connectivity index (χ2v) is 7.08. The van der Waals surface area contributed by atoms with Gasteiger partial charge in [0.25, 0.3) is 0 Å². The lowest BCUT2D eigenvalue weighted by Crippen LogP contribution is -2.44. The zero-order valence-corrected chi connectivity index (χ0v) is 14.7. The Kier molecular flexibility index (Phi) is 3.67. The normalized spacial score (nSPS) is 27.6. The Morgan fingerprint density at radius 3 is 2.88 bits per heavy atom. The summed E-state index contributed by atoms with van der Waals surface area (Å²) in [5.74, 6) is 1.70. The van der Waals surface area contributed by atoms with Gasteiger partial charge in [-0.3, -0.25) is 9.78 Å². The van der Waals surface area contributed by atoms with E-state index in [1.165, 1.54) is 0 Å². The van der Waals surface area contributed by atoms with Gasteiger partial charge in [0.05, 0.1) is 12.8 Å². The van der Waals surface area contributed by atoms with E-state index in [1.807, 2.05) is 25.1 Å². The molecule has 2 aromatic rings. The third-order valence-electron chi connectivity index (χ3n) is 5.71. The Morgan fingerprint density at radius 2 is 2.16 bits per heavy atom. The lowest BCUT2D eigenvalue weighted by atomic mass is 9.59. The molecule has 0 saturated carbocycles. The first kappa shape index (κ1) is 15.9. The molecule has 0 amide bonds. The lowest BCUT2D eigenvalue weighted by Gasteiger charge is -2.44. The van der Waals surface area contributed by atoms with Crippen LogP contribution in [0.1, 0.15) is 31.5 Å². The first-order chi connectivity index (χ1) is 12.0. The Morgan fingerprint density at radius 1 is 1.32 bits per heavy atom. The predicted octanol–water partition coefficient (Wildman–Crippen LogP) is 3.14. The smallest absolute Gasteiger partial charge is 0.220 e. The van der Waals surface area contributed by atoms with Crippen LogP contribution in [-0.4, -0.2) is 27.8 Å². The second kappa shape index (κ2) is 5.76. The summed E-state index contributed by atoms with van der Waals surface area (Å²) in [4.78, 5) is 25.9. The number of methoxy groups -OCH3 is 1. The van der Waals surface area contributed by atoms with E-state index in [2.05, 4.69) is 16.9 Å². The van der Waals surface area contributed by atoms with E-state index in [9.17, 15) is 4.79 Å². The van der Waals surface area contributed by atoms with Crippen molar-refractivity contribution in [3.8, 4) is 17.3 Å². The lowest BCUT2D eigenvalue weighted by molar-refractivity contribution is -0.120. The number of ketones is 1. The maximum atomic E-state index is 12.2. The summed E-state index contributed by atoms with van der Waals surface area (Å²) in [5, 5.41) is 0. The Bertz CT molecular complexity index is 863. The number of fused-ring (bicyclic) bond motifs is 3. The minimum Gasteiger partial charge on any atom is -0.481 e. The van der Waals surface area contributed by atoms with Crippen LogP contribution in [0, 0.1) is 11.8 Å². The van der Waals surface area contributed by atoms with Crippen LogP contribution in [0.15, 0.2) is 36.7 Å². The van der Waals surface area contributed by atoms with Crippen LogP contribution in [0.2, 0.25) is 0 Å². The fourth-order valence-electron chi connectivity index (χ4n) is 4.28. The molecule has 0 unspecified atom stereocenters. The van der Waals surface area contributed by atoms with Crippen molar-refractivity contribution in [2.45, 2.75) is 32.1 Å². The van der Waals surface area contributed by atoms with Crippen molar-refractivity contribution in [1.82, 2.24) is 15.0 Å². The summed E-state index contributed by atoms with van der Waals surface area (Å²) < 4.78 is 5.58. The minimum atomic E-state index is -0.284. The van der Waals surface area contributed by atoms with Gasteiger partial charge in [-0.2, -0.15) is 4.98 Å². The number of nitrogens with zero attached hydrogens (tertiary/aromatic N) is 3. The highest BCUT2D eigenvalue weighted by molar-refractivity contribution is 5.93. The number of ether oxygens (including phenoxy) is 1. The van der Waals surface area contributed by atoms with Gasteiger partial charge in [0.1, 0.15) is 0 Å². The van der Waals surface area contributed by atoms with Crippen molar-refractivity contribution in [3.63, 3.8) is 0 Å². The minimum absolute atomic E-state index is 0.00551. The van der Waals surface area contributed by atoms with Crippen molar-refractivity contribution in [2.24, 2.45) is 11.8 Å². The summed E-state index contributed by atoms with van der Waals surface area (Å²) in [6.07, 6.45) is 9.00. The van der Waals surface area contributed by atoms with E-state index in [4.69, 9.17) is 9.72 Å². The second-order valence-electron chi connectivity index (χ2n) is 7.08. The van der Waals surface area contributed by atoms with E-state index in [1.54, 1.807) is 25.6 Å². The van der Waals surface area contributed by atoms with Gasteiger partial charge in [-0.05, 0) is 37.0 Å². The monoisotopic (exact) mass is 335 g/mol. The number of aromatic nitrogens is 3. The maximum Gasteiger partial charge on any atom is 0.220 e. The highest BCUT2D eigenvalue weighted by Gasteiger charge is 2.47. The summed E-state index contributed by atoms with van der Waals surface area (Å²) in [6.45, 7) is 4.20. The molecule has 2 aromatic heterocycles. The van der Waals surface area contributed by atoms with Gasteiger partial charge in [-0.25, -0.2) is 4.98 Å². The van der Waals surface area contributed by atoms with Crippen LogP contribution >= 0.6 is 0 Å².